The van der Waals surface area contributed by atoms with Crippen LogP contribution < -0.4 is 5.32 Å². The second kappa shape index (κ2) is 6.26. The lowest BCUT2D eigenvalue weighted by atomic mass is 9.95. The van der Waals surface area contributed by atoms with Crippen molar-refractivity contribution in [1.29, 1.82) is 0 Å². The Hall–Kier alpha value is -0.260. The van der Waals surface area contributed by atoms with Crippen LogP contribution in [0.1, 0.15) is 32.6 Å². The minimum Gasteiger partial charge on any atom is -0.380 e. The van der Waals surface area contributed by atoms with E-state index in [1.54, 1.807) is 0 Å². The minimum atomic E-state index is -1.11. The molecule has 2 aliphatic heterocycles. The molecule has 5 heteroatoms. The average molecular weight is 272 g/mol. The van der Waals surface area contributed by atoms with Crippen molar-refractivity contribution < 1.29 is 9.90 Å². The summed E-state index contributed by atoms with van der Waals surface area (Å²) in [6, 6.07) is 0.459. The molecule has 2 saturated heterocycles. The number of aliphatic hydroxyl groups is 1. The molecular formula is C13H24N2O2S. The summed E-state index contributed by atoms with van der Waals surface area (Å²) in [6.45, 7) is 5.02. The van der Waals surface area contributed by atoms with Crippen LogP contribution in [0, 0.1) is 0 Å². The van der Waals surface area contributed by atoms with Crippen LogP contribution in [-0.2, 0) is 4.79 Å². The van der Waals surface area contributed by atoms with Crippen LogP contribution in [0.2, 0.25) is 0 Å². The molecule has 0 saturated carbocycles. The Balaban J connectivity index is 1.80. The topological polar surface area (TPSA) is 52.6 Å². The van der Waals surface area contributed by atoms with Crippen molar-refractivity contribution in [2.75, 3.05) is 31.1 Å². The maximum Gasteiger partial charge on any atom is 0.252 e. The van der Waals surface area contributed by atoms with Crippen LogP contribution in [0.25, 0.3) is 0 Å². The van der Waals surface area contributed by atoms with Gasteiger partial charge < -0.3 is 10.4 Å². The van der Waals surface area contributed by atoms with Gasteiger partial charge in [0.15, 0.2) is 0 Å². The molecule has 0 aromatic carbocycles. The number of hydrogen-bond acceptors (Lipinski definition) is 4. The lowest BCUT2D eigenvalue weighted by molar-refractivity contribution is -0.140. The van der Waals surface area contributed by atoms with Gasteiger partial charge in [-0.3, -0.25) is 9.69 Å². The first-order valence-corrected chi connectivity index (χ1v) is 8.13. The molecule has 2 fully saturated rings. The van der Waals surface area contributed by atoms with Crippen LogP contribution in [0.15, 0.2) is 0 Å². The molecule has 2 N–H and O–H groups in total. The fourth-order valence-corrected chi connectivity index (χ4v) is 4.02. The third kappa shape index (κ3) is 3.19. The van der Waals surface area contributed by atoms with Crippen LogP contribution in [0.5, 0.6) is 0 Å². The highest BCUT2D eigenvalue weighted by atomic mass is 32.2. The second-order valence-corrected chi connectivity index (χ2v) is 6.50. The first-order chi connectivity index (χ1) is 8.65. The van der Waals surface area contributed by atoms with E-state index in [1.165, 1.54) is 6.42 Å². The van der Waals surface area contributed by atoms with Gasteiger partial charge >= 0.3 is 0 Å². The van der Waals surface area contributed by atoms with E-state index in [2.05, 4.69) is 17.1 Å². The molecule has 0 bridgehead atoms. The number of rotatable bonds is 4. The summed E-state index contributed by atoms with van der Waals surface area (Å²) in [7, 11) is 0. The standard InChI is InChI=1S/C13H24N2O2S/c1-2-15-7-3-4-11(15)10-14-12(16)13(17)5-8-18-9-6-13/h11,17H,2-10H2,1H3,(H,14,16). The van der Waals surface area contributed by atoms with Gasteiger partial charge in [-0.25, -0.2) is 0 Å². The highest BCUT2D eigenvalue weighted by molar-refractivity contribution is 7.99. The van der Waals surface area contributed by atoms with Crippen molar-refractivity contribution in [2.24, 2.45) is 0 Å². The number of thioether (sulfide) groups is 1. The van der Waals surface area contributed by atoms with E-state index in [0.29, 0.717) is 25.4 Å². The number of likely N-dealkylation sites (tertiary alicyclic amines) is 1. The monoisotopic (exact) mass is 272 g/mol. The van der Waals surface area contributed by atoms with Crippen molar-refractivity contribution >= 4 is 17.7 Å². The summed E-state index contributed by atoms with van der Waals surface area (Å²) >= 11 is 1.81. The molecule has 2 heterocycles. The normalized spacial score (nSPS) is 28.2. The third-order valence-corrected chi connectivity index (χ3v) is 5.13. The Morgan fingerprint density at radius 3 is 2.89 bits per heavy atom. The number of hydrogen-bond donors (Lipinski definition) is 2. The van der Waals surface area contributed by atoms with Gasteiger partial charge in [-0.05, 0) is 50.3 Å². The first kappa shape index (κ1) is 14.2. The van der Waals surface area contributed by atoms with Crippen LogP contribution in [-0.4, -0.2) is 58.7 Å². The van der Waals surface area contributed by atoms with Crippen molar-refractivity contribution in [3.05, 3.63) is 0 Å². The van der Waals surface area contributed by atoms with E-state index in [0.717, 1.165) is 31.0 Å². The summed E-state index contributed by atoms with van der Waals surface area (Å²) in [5, 5.41) is 13.3. The fraction of sp³-hybridized carbons (Fsp3) is 0.923. The van der Waals surface area contributed by atoms with Gasteiger partial charge in [0.2, 0.25) is 0 Å². The number of nitrogens with one attached hydrogen (secondary N) is 1. The zero-order valence-electron chi connectivity index (χ0n) is 11.2. The highest BCUT2D eigenvalue weighted by Gasteiger charge is 2.37. The molecule has 0 aliphatic carbocycles. The van der Waals surface area contributed by atoms with Gasteiger partial charge in [-0.15, -0.1) is 0 Å². The Morgan fingerprint density at radius 1 is 1.50 bits per heavy atom. The molecule has 1 atom stereocenters. The van der Waals surface area contributed by atoms with Gasteiger partial charge in [-0.2, -0.15) is 11.8 Å². The average Bonchev–Trinajstić information content (AvgIpc) is 2.84. The van der Waals surface area contributed by atoms with Gasteiger partial charge in [0, 0.05) is 12.6 Å². The van der Waals surface area contributed by atoms with Crippen LogP contribution in [0.4, 0.5) is 0 Å². The summed E-state index contributed by atoms with van der Waals surface area (Å²) in [5.41, 5.74) is -1.11. The summed E-state index contributed by atoms with van der Waals surface area (Å²) in [6.07, 6.45) is 3.55. The Morgan fingerprint density at radius 2 is 2.22 bits per heavy atom. The Bertz CT molecular complexity index is 293. The third-order valence-electron chi connectivity index (χ3n) is 4.15. The summed E-state index contributed by atoms with van der Waals surface area (Å²) in [5.74, 6) is 1.61. The zero-order chi connectivity index (χ0) is 13.0. The van der Waals surface area contributed by atoms with Gasteiger partial charge in [0.1, 0.15) is 5.60 Å². The van der Waals surface area contributed by atoms with Crippen molar-refractivity contribution in [1.82, 2.24) is 10.2 Å². The predicted octanol–water partition coefficient (Wildman–Crippen LogP) is 0.845. The van der Waals surface area contributed by atoms with Crippen molar-refractivity contribution in [3.63, 3.8) is 0 Å². The van der Waals surface area contributed by atoms with E-state index in [-0.39, 0.29) is 5.91 Å². The molecular weight excluding hydrogens is 248 g/mol. The number of likely N-dealkylation sites (N-methyl/N-ethyl adjacent to an activating group) is 1. The molecule has 0 spiro atoms. The molecule has 1 amide bonds. The number of carbonyl (C=O) groups excluding carboxylic acids is 1. The maximum absolute atomic E-state index is 12.1. The molecule has 1 unspecified atom stereocenters. The molecule has 104 valence electrons. The number of amides is 1. The van der Waals surface area contributed by atoms with Crippen LogP contribution >= 0.6 is 11.8 Å². The maximum atomic E-state index is 12.1. The van der Waals surface area contributed by atoms with E-state index in [1.807, 2.05) is 11.8 Å². The molecule has 0 aromatic rings. The molecule has 2 aliphatic rings. The van der Waals surface area contributed by atoms with E-state index >= 15 is 0 Å². The van der Waals surface area contributed by atoms with Gasteiger partial charge in [-0.1, -0.05) is 6.92 Å². The smallest absolute Gasteiger partial charge is 0.252 e. The molecule has 2 rings (SSSR count). The lowest BCUT2D eigenvalue weighted by Crippen LogP contribution is -2.51. The molecule has 0 radical (unpaired) electrons. The largest absolute Gasteiger partial charge is 0.380 e. The number of carbonyl (C=O) groups is 1. The first-order valence-electron chi connectivity index (χ1n) is 6.98. The van der Waals surface area contributed by atoms with Gasteiger partial charge in [0.25, 0.3) is 5.91 Å². The molecule has 4 nitrogen and oxygen atoms in total. The van der Waals surface area contributed by atoms with E-state index < -0.39 is 5.60 Å². The minimum absolute atomic E-state index is 0.161. The van der Waals surface area contributed by atoms with Crippen LogP contribution in [0.3, 0.4) is 0 Å². The van der Waals surface area contributed by atoms with Crippen molar-refractivity contribution in [2.45, 2.75) is 44.2 Å². The second-order valence-electron chi connectivity index (χ2n) is 5.28. The predicted molar refractivity (Wildman–Crippen MR) is 74.8 cm³/mol. The Kier molecular flexibility index (Phi) is 4.92. The molecule has 18 heavy (non-hydrogen) atoms. The Labute approximate surface area is 113 Å². The summed E-state index contributed by atoms with van der Waals surface area (Å²) in [4.78, 5) is 14.5. The van der Waals surface area contributed by atoms with Crippen molar-refractivity contribution in [3.8, 4) is 0 Å². The molecule has 0 aromatic heterocycles. The van der Waals surface area contributed by atoms with E-state index in [9.17, 15) is 9.90 Å². The highest BCUT2D eigenvalue weighted by Crippen LogP contribution is 2.27. The SMILES string of the molecule is CCN1CCCC1CNC(=O)C1(O)CCSCC1. The number of nitrogens with zero attached hydrogens (tertiary/aromatic N) is 1. The van der Waals surface area contributed by atoms with Gasteiger partial charge in [0.05, 0.1) is 0 Å². The zero-order valence-corrected chi connectivity index (χ0v) is 12.0. The lowest BCUT2D eigenvalue weighted by Gasteiger charge is -2.31. The van der Waals surface area contributed by atoms with E-state index in [4.69, 9.17) is 0 Å². The summed E-state index contributed by atoms with van der Waals surface area (Å²) < 4.78 is 0. The fourth-order valence-electron chi connectivity index (χ4n) is 2.85. The quantitative estimate of drug-likeness (QED) is 0.796.